The van der Waals surface area contributed by atoms with Crippen molar-refractivity contribution in [1.29, 1.82) is 0 Å². The van der Waals surface area contributed by atoms with E-state index in [1.54, 1.807) is 18.9 Å². The number of hydrogen-bond acceptors (Lipinski definition) is 7. The number of ether oxygens (including phenoxy) is 1. The largest absolute Gasteiger partial charge is 0.466 e. The van der Waals surface area contributed by atoms with Crippen LogP contribution in [0.5, 0.6) is 0 Å². The lowest BCUT2D eigenvalue weighted by Crippen LogP contribution is -2.47. The molecule has 1 aliphatic rings. The number of hydrogen-bond donors (Lipinski definition) is 0. The molecule has 0 N–H and O–H groups in total. The summed E-state index contributed by atoms with van der Waals surface area (Å²) in [5.74, 6) is -0.278. The highest BCUT2D eigenvalue weighted by atomic mass is 16.5. The van der Waals surface area contributed by atoms with Crippen LogP contribution >= 0.6 is 0 Å². The highest BCUT2D eigenvalue weighted by molar-refractivity contribution is 5.85. The molecule has 10 heteroatoms. The molecule has 32 heavy (non-hydrogen) atoms. The number of benzene rings is 1. The third-order valence-electron chi connectivity index (χ3n) is 5.43. The predicted octanol–water partition coefficient (Wildman–Crippen LogP) is 1.38. The first-order valence-electron chi connectivity index (χ1n) is 11.0. The maximum absolute atomic E-state index is 12.6. The quantitative estimate of drug-likeness (QED) is 0.540. The van der Waals surface area contributed by atoms with E-state index in [1.807, 2.05) is 30.3 Å². The van der Waals surface area contributed by atoms with Crippen LogP contribution < -0.4 is 0 Å². The number of piperidine rings is 1. The Balaban J connectivity index is 1.41. The van der Waals surface area contributed by atoms with Crippen LogP contribution in [0.1, 0.15) is 32.6 Å². The van der Waals surface area contributed by atoms with Gasteiger partial charge in [0.2, 0.25) is 17.6 Å². The van der Waals surface area contributed by atoms with E-state index in [2.05, 4.69) is 15.4 Å². The van der Waals surface area contributed by atoms with E-state index < -0.39 is 0 Å². The Labute approximate surface area is 187 Å². The Morgan fingerprint density at radius 3 is 2.75 bits per heavy atom. The fourth-order valence-corrected chi connectivity index (χ4v) is 3.65. The molecule has 1 aliphatic heterocycles. The van der Waals surface area contributed by atoms with Gasteiger partial charge in [-0.1, -0.05) is 30.3 Å². The van der Waals surface area contributed by atoms with Crippen LogP contribution in [0.3, 0.4) is 0 Å². The molecule has 2 amide bonds. The van der Waals surface area contributed by atoms with E-state index in [4.69, 9.17) is 4.74 Å². The Morgan fingerprint density at radius 1 is 1.22 bits per heavy atom. The third-order valence-corrected chi connectivity index (χ3v) is 5.43. The van der Waals surface area contributed by atoms with Crippen LogP contribution in [0.15, 0.2) is 30.3 Å². The van der Waals surface area contributed by atoms with Crippen molar-refractivity contribution in [2.75, 3.05) is 33.3 Å². The standard InChI is InChI=1S/C22H30N6O4/c1-3-32-22(31)18-11-7-13-27(15-18)20(30)16-26(2)19(29)12-8-14-28-24-21(23-25-28)17-9-5-4-6-10-17/h4-6,9-10,18H,3,7-8,11-16H2,1-2H3. The number of amides is 2. The molecule has 1 fully saturated rings. The number of aryl methyl sites for hydroxylation is 1. The second-order valence-corrected chi connectivity index (χ2v) is 7.86. The van der Waals surface area contributed by atoms with Crippen LogP contribution in [0.25, 0.3) is 11.4 Å². The van der Waals surface area contributed by atoms with Crippen LogP contribution in [0, 0.1) is 5.92 Å². The molecule has 1 unspecified atom stereocenters. The number of nitrogens with zero attached hydrogens (tertiary/aromatic N) is 6. The van der Waals surface area contributed by atoms with Gasteiger partial charge in [-0.3, -0.25) is 14.4 Å². The highest BCUT2D eigenvalue weighted by Crippen LogP contribution is 2.18. The summed E-state index contributed by atoms with van der Waals surface area (Å²) in [5, 5.41) is 12.4. The summed E-state index contributed by atoms with van der Waals surface area (Å²) in [5.41, 5.74) is 0.885. The van der Waals surface area contributed by atoms with Gasteiger partial charge in [0.05, 0.1) is 25.6 Å². The van der Waals surface area contributed by atoms with Gasteiger partial charge in [0.15, 0.2) is 0 Å². The van der Waals surface area contributed by atoms with E-state index in [0.717, 1.165) is 18.4 Å². The molecule has 172 valence electrons. The van der Waals surface area contributed by atoms with Gasteiger partial charge < -0.3 is 14.5 Å². The topological polar surface area (TPSA) is 111 Å². The monoisotopic (exact) mass is 442 g/mol. The molecule has 3 rings (SSSR count). The van der Waals surface area contributed by atoms with Crippen LogP contribution in [0.4, 0.5) is 0 Å². The van der Waals surface area contributed by atoms with Crippen molar-refractivity contribution in [1.82, 2.24) is 30.0 Å². The average Bonchev–Trinajstić information content (AvgIpc) is 3.28. The lowest BCUT2D eigenvalue weighted by Gasteiger charge is -2.32. The van der Waals surface area contributed by atoms with Gasteiger partial charge in [0.1, 0.15) is 0 Å². The SMILES string of the molecule is CCOC(=O)C1CCCN(C(=O)CN(C)C(=O)CCCn2nnc(-c3ccccc3)n2)C1. The number of likely N-dealkylation sites (N-methyl/N-ethyl adjacent to an activating group) is 1. The zero-order chi connectivity index (χ0) is 22.9. The van der Waals surface area contributed by atoms with E-state index in [0.29, 0.717) is 38.5 Å². The van der Waals surface area contributed by atoms with Crippen molar-refractivity contribution < 1.29 is 19.1 Å². The molecule has 0 spiro atoms. The van der Waals surface area contributed by atoms with Crippen LogP contribution in [-0.4, -0.2) is 81.1 Å². The zero-order valence-electron chi connectivity index (χ0n) is 18.6. The Morgan fingerprint density at radius 2 is 2.00 bits per heavy atom. The minimum atomic E-state index is -0.287. The smallest absolute Gasteiger partial charge is 0.310 e. The summed E-state index contributed by atoms with van der Waals surface area (Å²) in [6, 6.07) is 9.56. The molecule has 1 aromatic carbocycles. The number of tetrazole rings is 1. The first kappa shape index (κ1) is 23.4. The molecule has 0 aliphatic carbocycles. The maximum Gasteiger partial charge on any atom is 0.310 e. The molecule has 0 radical (unpaired) electrons. The van der Waals surface area contributed by atoms with Crippen LogP contribution in [0.2, 0.25) is 0 Å². The van der Waals surface area contributed by atoms with Crippen molar-refractivity contribution in [2.24, 2.45) is 5.92 Å². The van der Waals surface area contributed by atoms with Gasteiger partial charge in [-0.15, -0.1) is 10.2 Å². The van der Waals surface area contributed by atoms with Gasteiger partial charge in [0.25, 0.3) is 0 Å². The van der Waals surface area contributed by atoms with E-state index in [9.17, 15) is 14.4 Å². The zero-order valence-corrected chi connectivity index (χ0v) is 18.6. The minimum absolute atomic E-state index is 0.00584. The van der Waals surface area contributed by atoms with Crippen molar-refractivity contribution in [2.45, 2.75) is 39.2 Å². The summed E-state index contributed by atoms with van der Waals surface area (Å²) in [7, 11) is 1.62. The predicted molar refractivity (Wildman–Crippen MR) is 116 cm³/mol. The average molecular weight is 443 g/mol. The molecule has 0 saturated carbocycles. The van der Waals surface area contributed by atoms with Crippen LogP contribution in [-0.2, 0) is 25.7 Å². The lowest BCUT2D eigenvalue weighted by atomic mass is 9.98. The molecule has 1 atom stereocenters. The maximum atomic E-state index is 12.6. The Kier molecular flexibility index (Phi) is 8.29. The number of esters is 1. The number of carbonyl (C=O) groups excluding carboxylic acids is 3. The van der Waals surface area contributed by atoms with Crippen molar-refractivity contribution >= 4 is 17.8 Å². The Bertz CT molecular complexity index is 916. The summed E-state index contributed by atoms with van der Waals surface area (Å²) in [6.07, 6.45) is 2.29. The van der Waals surface area contributed by atoms with Gasteiger partial charge in [-0.2, -0.15) is 4.80 Å². The molecule has 1 saturated heterocycles. The number of likely N-dealkylation sites (tertiary alicyclic amines) is 1. The second-order valence-electron chi connectivity index (χ2n) is 7.86. The summed E-state index contributed by atoms with van der Waals surface area (Å²) in [6.45, 7) is 3.50. The fraction of sp³-hybridized carbons (Fsp3) is 0.545. The molecule has 1 aromatic heterocycles. The summed E-state index contributed by atoms with van der Waals surface area (Å²) in [4.78, 5) is 41.6. The normalized spacial score (nSPS) is 15.9. The third kappa shape index (κ3) is 6.35. The lowest BCUT2D eigenvalue weighted by molar-refractivity contribution is -0.152. The molecule has 0 bridgehead atoms. The minimum Gasteiger partial charge on any atom is -0.466 e. The van der Waals surface area contributed by atoms with E-state index in [-0.39, 0.29) is 36.7 Å². The molecular weight excluding hydrogens is 412 g/mol. The fourth-order valence-electron chi connectivity index (χ4n) is 3.65. The molecule has 2 heterocycles. The molecule has 2 aromatic rings. The number of aromatic nitrogens is 4. The summed E-state index contributed by atoms with van der Waals surface area (Å²) >= 11 is 0. The first-order valence-corrected chi connectivity index (χ1v) is 11.0. The number of rotatable bonds is 9. The van der Waals surface area contributed by atoms with Crippen molar-refractivity contribution in [3.63, 3.8) is 0 Å². The van der Waals surface area contributed by atoms with E-state index >= 15 is 0 Å². The second kappa shape index (κ2) is 11.4. The van der Waals surface area contributed by atoms with Gasteiger partial charge in [-0.05, 0) is 31.4 Å². The van der Waals surface area contributed by atoms with E-state index in [1.165, 1.54) is 9.70 Å². The number of carbonyl (C=O) groups is 3. The highest BCUT2D eigenvalue weighted by Gasteiger charge is 2.30. The van der Waals surface area contributed by atoms with Crippen molar-refractivity contribution in [3.8, 4) is 11.4 Å². The summed E-state index contributed by atoms with van der Waals surface area (Å²) < 4.78 is 5.08. The molecule has 10 nitrogen and oxygen atoms in total. The Hall–Kier alpha value is -3.30. The van der Waals surface area contributed by atoms with Gasteiger partial charge in [-0.25, -0.2) is 0 Å². The van der Waals surface area contributed by atoms with Crippen molar-refractivity contribution in [3.05, 3.63) is 30.3 Å². The van der Waals surface area contributed by atoms with Gasteiger partial charge >= 0.3 is 5.97 Å². The molecular formula is C22H30N6O4. The first-order chi connectivity index (χ1) is 15.5. The van der Waals surface area contributed by atoms with Gasteiger partial charge in [0, 0.05) is 32.1 Å².